The number of hydrogen-bond donors (Lipinski definition) is 2. The molecule has 1 aromatic carbocycles. The first-order valence-corrected chi connectivity index (χ1v) is 8.86. The average molecular weight is 409 g/mol. The van der Waals surface area contributed by atoms with Crippen LogP contribution in [0.5, 0.6) is 0 Å². The molecule has 0 atom stereocenters. The molecule has 1 aliphatic heterocycles. The molecule has 0 spiro atoms. The lowest BCUT2D eigenvalue weighted by molar-refractivity contribution is -0.137. The Balaban J connectivity index is 1.73. The predicted octanol–water partition coefficient (Wildman–Crippen LogP) is 2.79. The number of aromatic amines is 1. The Morgan fingerprint density at radius 3 is 2.55 bits per heavy atom. The van der Waals surface area contributed by atoms with E-state index in [-0.39, 0.29) is 11.3 Å². The molecule has 1 aromatic heterocycles. The standard InChI is InChI=1S/C19H18F3N3O4/c20-19(21,22)12-5-6-15(25-8-1-2-9-25)14(10-12)24-16(26)11-29-18(28)13-4-3-7-23-17(13)27/h3-7,10H,1-2,8-9,11H2,(H,23,27)(H,24,26). The first-order valence-electron chi connectivity index (χ1n) is 8.86. The molecular weight excluding hydrogens is 391 g/mol. The summed E-state index contributed by atoms with van der Waals surface area (Å²) in [5.41, 5.74) is -1.40. The maximum atomic E-state index is 13.1. The molecule has 29 heavy (non-hydrogen) atoms. The number of esters is 1. The first-order chi connectivity index (χ1) is 13.8. The molecule has 1 aliphatic rings. The zero-order chi connectivity index (χ0) is 21.0. The third-order valence-corrected chi connectivity index (χ3v) is 4.42. The number of amides is 1. The van der Waals surface area contributed by atoms with Gasteiger partial charge in [-0.15, -0.1) is 0 Å². The highest BCUT2D eigenvalue weighted by atomic mass is 19.4. The minimum atomic E-state index is -4.57. The molecule has 1 fully saturated rings. The number of rotatable bonds is 5. The number of pyridine rings is 1. The lowest BCUT2D eigenvalue weighted by atomic mass is 10.1. The van der Waals surface area contributed by atoms with Crippen LogP contribution in [-0.4, -0.2) is 36.6 Å². The van der Waals surface area contributed by atoms with Crippen molar-refractivity contribution in [2.45, 2.75) is 19.0 Å². The van der Waals surface area contributed by atoms with E-state index in [1.807, 2.05) is 4.90 Å². The fraction of sp³-hybridized carbons (Fsp3) is 0.316. The van der Waals surface area contributed by atoms with Gasteiger partial charge in [0.05, 0.1) is 16.9 Å². The Morgan fingerprint density at radius 1 is 1.17 bits per heavy atom. The number of nitrogens with zero attached hydrogens (tertiary/aromatic N) is 1. The normalized spacial score (nSPS) is 14.0. The molecule has 3 rings (SSSR count). The molecule has 2 heterocycles. The molecule has 7 nitrogen and oxygen atoms in total. The van der Waals surface area contributed by atoms with Crippen molar-refractivity contribution in [2.24, 2.45) is 0 Å². The van der Waals surface area contributed by atoms with Gasteiger partial charge in [-0.3, -0.25) is 9.59 Å². The summed E-state index contributed by atoms with van der Waals surface area (Å²) in [7, 11) is 0. The van der Waals surface area contributed by atoms with Gasteiger partial charge in [0, 0.05) is 19.3 Å². The van der Waals surface area contributed by atoms with E-state index in [0.29, 0.717) is 18.8 Å². The molecule has 0 unspecified atom stereocenters. The molecule has 0 radical (unpaired) electrons. The molecule has 154 valence electrons. The first kappa shape index (κ1) is 20.4. The second-order valence-electron chi connectivity index (χ2n) is 6.46. The van der Waals surface area contributed by atoms with Crippen LogP contribution in [-0.2, 0) is 15.7 Å². The Kier molecular flexibility index (Phi) is 5.90. The summed E-state index contributed by atoms with van der Waals surface area (Å²) >= 11 is 0. The highest BCUT2D eigenvalue weighted by Gasteiger charge is 2.32. The van der Waals surface area contributed by atoms with Gasteiger partial charge in [0.25, 0.3) is 11.5 Å². The summed E-state index contributed by atoms with van der Waals surface area (Å²) in [6.45, 7) is 0.586. The van der Waals surface area contributed by atoms with Crippen LogP contribution in [0.2, 0.25) is 0 Å². The third-order valence-electron chi connectivity index (χ3n) is 4.42. The highest BCUT2D eigenvalue weighted by molar-refractivity contribution is 5.97. The van der Waals surface area contributed by atoms with Crippen molar-refractivity contribution < 1.29 is 27.5 Å². The molecule has 0 bridgehead atoms. The Hall–Kier alpha value is -3.30. The molecule has 0 aliphatic carbocycles. The number of H-pyrrole nitrogens is 1. The van der Waals surface area contributed by atoms with E-state index in [0.717, 1.165) is 25.0 Å². The topological polar surface area (TPSA) is 91.5 Å². The summed E-state index contributed by atoms with van der Waals surface area (Å²) in [4.78, 5) is 39.8. The maximum absolute atomic E-state index is 13.1. The van der Waals surface area contributed by atoms with Gasteiger partial charge in [-0.1, -0.05) is 0 Å². The van der Waals surface area contributed by atoms with Crippen LogP contribution in [0.3, 0.4) is 0 Å². The van der Waals surface area contributed by atoms with E-state index in [1.54, 1.807) is 0 Å². The quantitative estimate of drug-likeness (QED) is 0.741. The number of ether oxygens (including phenoxy) is 1. The SMILES string of the molecule is O=C(COC(=O)c1ccc[nH]c1=O)Nc1cc(C(F)(F)F)ccc1N1CCCC1. The number of benzene rings is 1. The summed E-state index contributed by atoms with van der Waals surface area (Å²) < 4.78 is 44.0. The second-order valence-corrected chi connectivity index (χ2v) is 6.46. The summed E-state index contributed by atoms with van der Waals surface area (Å²) in [5, 5.41) is 2.38. The molecule has 1 saturated heterocycles. The minimum absolute atomic E-state index is 0.0136. The van der Waals surface area contributed by atoms with Crippen LogP contribution < -0.4 is 15.8 Å². The number of nitrogens with one attached hydrogen (secondary N) is 2. The van der Waals surface area contributed by atoms with Crippen LogP contribution in [0.1, 0.15) is 28.8 Å². The number of carbonyl (C=O) groups is 2. The highest BCUT2D eigenvalue weighted by Crippen LogP contribution is 2.36. The fourth-order valence-corrected chi connectivity index (χ4v) is 3.02. The summed E-state index contributed by atoms with van der Waals surface area (Å²) in [6, 6.07) is 5.79. The van der Waals surface area contributed by atoms with Crippen molar-refractivity contribution in [3.8, 4) is 0 Å². The lowest BCUT2D eigenvalue weighted by Crippen LogP contribution is -2.26. The van der Waals surface area contributed by atoms with Gasteiger partial charge < -0.3 is 19.9 Å². The van der Waals surface area contributed by atoms with Gasteiger partial charge in [0.1, 0.15) is 5.56 Å². The number of hydrogen-bond acceptors (Lipinski definition) is 5. The van der Waals surface area contributed by atoms with E-state index >= 15 is 0 Å². The minimum Gasteiger partial charge on any atom is -0.452 e. The number of halogens is 3. The van der Waals surface area contributed by atoms with Crippen LogP contribution in [0.4, 0.5) is 24.5 Å². The molecule has 0 saturated carbocycles. The van der Waals surface area contributed by atoms with E-state index in [2.05, 4.69) is 10.3 Å². The van der Waals surface area contributed by atoms with Gasteiger partial charge in [-0.2, -0.15) is 13.2 Å². The van der Waals surface area contributed by atoms with Gasteiger partial charge in [0.2, 0.25) is 0 Å². The van der Waals surface area contributed by atoms with E-state index < -0.39 is 35.8 Å². The number of anilines is 2. The van der Waals surface area contributed by atoms with Crippen molar-refractivity contribution in [3.63, 3.8) is 0 Å². The zero-order valence-corrected chi connectivity index (χ0v) is 15.2. The smallest absolute Gasteiger partial charge is 0.416 e. The van der Waals surface area contributed by atoms with E-state index in [4.69, 9.17) is 4.74 Å². The molecule has 2 aromatic rings. The molecule has 10 heteroatoms. The van der Waals surface area contributed by atoms with Gasteiger partial charge in [-0.25, -0.2) is 4.79 Å². The third kappa shape index (κ3) is 4.95. The number of alkyl halides is 3. The van der Waals surface area contributed by atoms with Crippen molar-refractivity contribution in [2.75, 3.05) is 29.9 Å². The van der Waals surface area contributed by atoms with Crippen molar-refractivity contribution in [1.29, 1.82) is 0 Å². The predicted molar refractivity (Wildman–Crippen MR) is 98.9 cm³/mol. The van der Waals surface area contributed by atoms with Crippen LogP contribution in [0, 0.1) is 0 Å². The maximum Gasteiger partial charge on any atom is 0.416 e. The van der Waals surface area contributed by atoms with Gasteiger partial charge in [-0.05, 0) is 43.2 Å². The molecule has 2 N–H and O–H groups in total. The zero-order valence-electron chi connectivity index (χ0n) is 15.2. The van der Waals surface area contributed by atoms with Crippen molar-refractivity contribution >= 4 is 23.3 Å². The monoisotopic (exact) mass is 409 g/mol. The number of carbonyl (C=O) groups excluding carboxylic acids is 2. The largest absolute Gasteiger partial charge is 0.452 e. The van der Waals surface area contributed by atoms with Crippen molar-refractivity contribution in [1.82, 2.24) is 4.98 Å². The van der Waals surface area contributed by atoms with Crippen LogP contribution in [0.15, 0.2) is 41.3 Å². The van der Waals surface area contributed by atoms with E-state index in [9.17, 15) is 27.6 Å². The van der Waals surface area contributed by atoms with Gasteiger partial charge in [0.15, 0.2) is 6.61 Å². The average Bonchev–Trinajstić information content (AvgIpc) is 3.20. The van der Waals surface area contributed by atoms with Crippen molar-refractivity contribution in [3.05, 3.63) is 58.0 Å². The Morgan fingerprint density at radius 2 is 1.90 bits per heavy atom. The summed E-state index contributed by atoms with van der Waals surface area (Å²) in [6.07, 6.45) is -1.43. The number of aromatic nitrogens is 1. The Labute approximate surface area is 163 Å². The van der Waals surface area contributed by atoms with E-state index in [1.165, 1.54) is 24.4 Å². The van der Waals surface area contributed by atoms with Crippen LogP contribution >= 0.6 is 0 Å². The lowest BCUT2D eigenvalue weighted by Gasteiger charge is -2.23. The summed E-state index contributed by atoms with van der Waals surface area (Å²) in [5.74, 6) is -1.82. The Bertz CT molecular complexity index is 966. The van der Waals surface area contributed by atoms with Crippen LogP contribution in [0.25, 0.3) is 0 Å². The second kappa shape index (κ2) is 8.38. The van der Waals surface area contributed by atoms with Gasteiger partial charge >= 0.3 is 12.1 Å². The molecule has 1 amide bonds. The fourth-order valence-electron chi connectivity index (χ4n) is 3.02. The molecular formula is C19H18F3N3O4.